The summed E-state index contributed by atoms with van der Waals surface area (Å²) in [6, 6.07) is 9.47. The van der Waals surface area contributed by atoms with Crippen LogP contribution in [0.15, 0.2) is 42.7 Å². The molecule has 1 aliphatic rings. The molecule has 0 amide bonds. The number of hydrogen-bond acceptors (Lipinski definition) is 11. The molecular weight excluding hydrogens is 500 g/mol. The van der Waals surface area contributed by atoms with Gasteiger partial charge in [0.1, 0.15) is 17.0 Å². The van der Waals surface area contributed by atoms with Crippen LogP contribution in [-0.4, -0.2) is 60.7 Å². The molecule has 6 rings (SSSR count). The first-order valence-electron chi connectivity index (χ1n) is 11.4. The lowest BCUT2D eigenvalue weighted by Crippen LogP contribution is -2.13. The minimum atomic E-state index is -2.93. The normalized spacial score (nSPS) is 17.1. The van der Waals surface area contributed by atoms with Gasteiger partial charge < -0.3 is 10.1 Å². The third kappa shape index (κ3) is 4.58. The lowest BCUT2D eigenvalue weighted by Gasteiger charge is -2.12. The van der Waals surface area contributed by atoms with Crippen molar-refractivity contribution < 1.29 is 13.2 Å². The molecule has 36 heavy (non-hydrogen) atoms. The fourth-order valence-electron chi connectivity index (χ4n) is 4.18. The van der Waals surface area contributed by atoms with Crippen molar-refractivity contribution in [3.05, 3.63) is 54.2 Å². The number of rotatable bonds is 7. The number of hydrogen-bond donors (Lipinski definition) is 1. The van der Waals surface area contributed by atoms with Gasteiger partial charge in [-0.15, -0.1) is 10.2 Å². The summed E-state index contributed by atoms with van der Waals surface area (Å²) in [6.07, 6.45) is 3.97. The molecule has 11 nitrogen and oxygen atoms in total. The third-order valence-electron chi connectivity index (χ3n) is 6.01. The van der Waals surface area contributed by atoms with Crippen LogP contribution in [0.25, 0.3) is 27.3 Å². The molecule has 1 saturated heterocycles. The highest BCUT2D eigenvalue weighted by Gasteiger charge is 2.28. The molecule has 0 bridgehead atoms. The summed E-state index contributed by atoms with van der Waals surface area (Å²) in [7, 11) is -2.93. The van der Waals surface area contributed by atoms with Gasteiger partial charge in [-0.2, -0.15) is 14.0 Å². The summed E-state index contributed by atoms with van der Waals surface area (Å²) in [5, 5.41) is 16.6. The number of pyridine rings is 2. The van der Waals surface area contributed by atoms with E-state index in [0.717, 1.165) is 22.0 Å². The lowest BCUT2D eigenvalue weighted by molar-refractivity contribution is 0.263. The van der Waals surface area contributed by atoms with E-state index in [1.807, 2.05) is 37.3 Å². The average molecular weight is 523 g/mol. The average Bonchev–Trinajstić information content (AvgIpc) is 3.58. The number of fused-ring (bicyclic) bond motifs is 2. The molecule has 0 radical (unpaired) electrons. The quantitative estimate of drug-likeness (QED) is 0.340. The minimum absolute atomic E-state index is 0.0128. The molecule has 0 spiro atoms. The minimum Gasteiger partial charge on any atom is -0.492 e. The van der Waals surface area contributed by atoms with E-state index in [4.69, 9.17) is 9.84 Å². The highest BCUT2D eigenvalue weighted by molar-refractivity contribution is 7.91. The molecule has 13 heteroatoms. The summed E-state index contributed by atoms with van der Waals surface area (Å²) in [5.74, 6) is 1.65. The van der Waals surface area contributed by atoms with E-state index in [0.29, 0.717) is 47.8 Å². The van der Waals surface area contributed by atoms with Crippen molar-refractivity contribution in [2.24, 2.45) is 5.92 Å². The van der Waals surface area contributed by atoms with Crippen molar-refractivity contribution in [2.75, 3.05) is 23.4 Å². The van der Waals surface area contributed by atoms with Crippen molar-refractivity contribution >= 4 is 43.7 Å². The molecule has 1 N–H and O–H groups in total. The van der Waals surface area contributed by atoms with Gasteiger partial charge in [0.25, 0.3) is 0 Å². The summed E-state index contributed by atoms with van der Waals surface area (Å²) < 4.78 is 35.2. The molecule has 0 saturated carbocycles. The standard InChI is InChI=1S/C23H22N8O3S2/c1-14-8-20(35-30-14)17-2-3-21-27-28-22(31(21)29-17)11-25-18-4-6-24-19-9-16(10-26-23(18)19)34-12-15-5-7-36(32,33)13-15/h2-4,6,8-10,15H,5,7,11-13H2,1H3,(H,24,25). The van der Waals surface area contributed by atoms with Crippen LogP contribution in [0.2, 0.25) is 0 Å². The van der Waals surface area contributed by atoms with Crippen LogP contribution < -0.4 is 10.1 Å². The zero-order chi connectivity index (χ0) is 24.7. The lowest BCUT2D eigenvalue weighted by atomic mass is 10.1. The Morgan fingerprint density at radius 2 is 2.11 bits per heavy atom. The monoisotopic (exact) mass is 522 g/mol. The summed E-state index contributed by atoms with van der Waals surface area (Å²) in [6.45, 7) is 2.69. The fourth-order valence-corrected chi connectivity index (χ4v) is 6.75. The number of nitrogens with zero attached hydrogens (tertiary/aromatic N) is 7. The smallest absolute Gasteiger partial charge is 0.178 e. The number of ether oxygens (including phenoxy) is 1. The van der Waals surface area contributed by atoms with Gasteiger partial charge in [0.2, 0.25) is 0 Å². The van der Waals surface area contributed by atoms with Crippen molar-refractivity contribution in [1.29, 1.82) is 0 Å². The topological polar surface area (TPSA) is 137 Å². The van der Waals surface area contributed by atoms with E-state index in [9.17, 15) is 8.42 Å². The van der Waals surface area contributed by atoms with Crippen molar-refractivity contribution in [3.8, 4) is 16.3 Å². The predicted molar refractivity (Wildman–Crippen MR) is 136 cm³/mol. The Morgan fingerprint density at radius 1 is 1.19 bits per heavy atom. The summed E-state index contributed by atoms with van der Waals surface area (Å²) >= 11 is 1.41. The predicted octanol–water partition coefficient (Wildman–Crippen LogP) is 2.93. The molecule has 1 unspecified atom stereocenters. The zero-order valence-electron chi connectivity index (χ0n) is 19.3. The van der Waals surface area contributed by atoms with E-state index in [1.165, 1.54) is 11.5 Å². The number of anilines is 1. The van der Waals surface area contributed by atoms with Crippen LogP contribution >= 0.6 is 11.5 Å². The second kappa shape index (κ2) is 9.06. The van der Waals surface area contributed by atoms with Gasteiger partial charge >= 0.3 is 0 Å². The van der Waals surface area contributed by atoms with Crippen LogP contribution in [-0.2, 0) is 16.4 Å². The van der Waals surface area contributed by atoms with Gasteiger partial charge in [-0.25, -0.2) is 13.4 Å². The number of nitrogens with one attached hydrogen (secondary N) is 1. The summed E-state index contributed by atoms with van der Waals surface area (Å²) in [4.78, 5) is 9.94. The Balaban J connectivity index is 1.19. The first-order chi connectivity index (χ1) is 17.4. The highest BCUT2D eigenvalue weighted by atomic mass is 32.2. The zero-order valence-corrected chi connectivity index (χ0v) is 21.0. The van der Waals surface area contributed by atoms with Gasteiger partial charge in [0.05, 0.1) is 52.6 Å². The molecular formula is C23H22N8O3S2. The Morgan fingerprint density at radius 3 is 2.92 bits per heavy atom. The van der Waals surface area contributed by atoms with Gasteiger partial charge in [0.15, 0.2) is 21.3 Å². The van der Waals surface area contributed by atoms with Crippen molar-refractivity contribution in [1.82, 2.24) is 34.2 Å². The van der Waals surface area contributed by atoms with Gasteiger partial charge in [-0.05, 0) is 49.1 Å². The van der Waals surface area contributed by atoms with Gasteiger partial charge in [-0.3, -0.25) is 4.98 Å². The molecule has 1 aliphatic heterocycles. The number of sulfone groups is 1. The SMILES string of the molecule is Cc1cc(-c2ccc3nnc(CNc4ccnc5cc(OCC6CCS(=O)(=O)C6)cnc45)n3n2)sn1. The maximum atomic E-state index is 11.7. The van der Waals surface area contributed by atoms with Crippen LogP contribution in [0.3, 0.4) is 0 Å². The third-order valence-corrected chi connectivity index (χ3v) is 8.75. The maximum Gasteiger partial charge on any atom is 0.178 e. The molecule has 184 valence electrons. The highest BCUT2D eigenvalue weighted by Crippen LogP contribution is 2.26. The van der Waals surface area contributed by atoms with E-state index in [1.54, 1.807) is 16.9 Å². The largest absolute Gasteiger partial charge is 0.492 e. The van der Waals surface area contributed by atoms with Crippen LogP contribution in [0.1, 0.15) is 17.9 Å². The molecule has 6 heterocycles. The Labute approximate surface area is 210 Å². The van der Waals surface area contributed by atoms with E-state index in [-0.39, 0.29) is 17.4 Å². The fraction of sp³-hybridized carbons (Fsp3) is 0.304. The molecule has 5 aromatic heterocycles. The number of aromatic nitrogens is 7. The second-order valence-electron chi connectivity index (χ2n) is 8.77. The van der Waals surface area contributed by atoms with Gasteiger partial charge in [-0.1, -0.05) is 0 Å². The molecule has 1 fully saturated rings. The van der Waals surface area contributed by atoms with E-state index < -0.39 is 9.84 Å². The maximum absolute atomic E-state index is 11.7. The number of aryl methyl sites for hydroxylation is 1. The van der Waals surface area contributed by atoms with Crippen LogP contribution in [0.5, 0.6) is 5.75 Å². The van der Waals surface area contributed by atoms with E-state index in [2.05, 4.69) is 29.9 Å². The van der Waals surface area contributed by atoms with Gasteiger partial charge in [0, 0.05) is 18.2 Å². The van der Waals surface area contributed by atoms with Crippen LogP contribution in [0.4, 0.5) is 5.69 Å². The first-order valence-corrected chi connectivity index (χ1v) is 14.0. The second-order valence-corrected chi connectivity index (χ2v) is 11.8. The van der Waals surface area contributed by atoms with Crippen molar-refractivity contribution in [3.63, 3.8) is 0 Å². The molecule has 1 atom stereocenters. The van der Waals surface area contributed by atoms with E-state index >= 15 is 0 Å². The first kappa shape index (κ1) is 22.7. The Kier molecular flexibility index (Phi) is 5.72. The van der Waals surface area contributed by atoms with Crippen LogP contribution in [0, 0.1) is 12.8 Å². The summed E-state index contributed by atoms with van der Waals surface area (Å²) in [5.41, 5.74) is 4.58. The van der Waals surface area contributed by atoms with Crippen molar-refractivity contribution in [2.45, 2.75) is 19.9 Å². The molecule has 0 aliphatic carbocycles. The Hall–Kier alpha value is -3.71. The molecule has 0 aromatic carbocycles. The molecule has 5 aromatic rings. The Bertz CT molecular complexity index is 1680.